The van der Waals surface area contributed by atoms with Crippen molar-refractivity contribution in [2.24, 2.45) is 11.8 Å². The first-order valence-electron chi connectivity index (χ1n) is 9.43. The Balaban J connectivity index is 1.80. The van der Waals surface area contributed by atoms with Gasteiger partial charge < -0.3 is 0 Å². The van der Waals surface area contributed by atoms with Crippen LogP contribution in [-0.2, 0) is 0 Å². The summed E-state index contributed by atoms with van der Waals surface area (Å²) in [6.07, 6.45) is 13.1. The molecule has 2 heteroatoms. The zero-order valence-corrected chi connectivity index (χ0v) is 15.4. The molecule has 0 aliphatic heterocycles. The molecule has 2 aliphatic rings. The highest BCUT2D eigenvalue weighted by molar-refractivity contribution is 6.31. The highest BCUT2D eigenvalue weighted by Crippen LogP contribution is 2.42. The van der Waals surface area contributed by atoms with Gasteiger partial charge in [-0.1, -0.05) is 49.2 Å². The predicted octanol–water partition coefficient (Wildman–Crippen LogP) is 7.53. The lowest BCUT2D eigenvalue weighted by Gasteiger charge is -2.29. The molecule has 130 valence electrons. The summed E-state index contributed by atoms with van der Waals surface area (Å²) < 4.78 is 14.9. The maximum Gasteiger partial charge on any atom is 0.149 e. The normalized spacial score (nSPS) is 27.6. The minimum atomic E-state index is -0.213. The van der Waals surface area contributed by atoms with E-state index in [9.17, 15) is 4.39 Å². The average Bonchev–Trinajstić information content (AvgIpc) is 2.64. The Bertz CT molecular complexity index is 623. The summed E-state index contributed by atoms with van der Waals surface area (Å²) in [6.45, 7) is 6.13. The van der Waals surface area contributed by atoms with Crippen LogP contribution in [0.3, 0.4) is 0 Å². The van der Waals surface area contributed by atoms with Crippen molar-refractivity contribution in [1.82, 2.24) is 0 Å². The van der Waals surface area contributed by atoms with E-state index >= 15 is 0 Å². The van der Waals surface area contributed by atoms with Gasteiger partial charge in [0, 0.05) is 5.56 Å². The van der Waals surface area contributed by atoms with E-state index in [2.05, 4.69) is 25.6 Å². The minimum Gasteiger partial charge on any atom is -0.205 e. The summed E-state index contributed by atoms with van der Waals surface area (Å²) in [5.74, 6) is 1.58. The van der Waals surface area contributed by atoms with Gasteiger partial charge in [-0.2, -0.15) is 0 Å². The maximum atomic E-state index is 14.9. The molecule has 1 atom stereocenters. The maximum absolute atomic E-state index is 14.9. The quantitative estimate of drug-likeness (QED) is 0.494. The Morgan fingerprint density at radius 2 is 1.96 bits per heavy atom. The van der Waals surface area contributed by atoms with Crippen LogP contribution in [0.15, 0.2) is 30.9 Å². The molecule has 0 amide bonds. The van der Waals surface area contributed by atoms with E-state index in [1.807, 2.05) is 12.1 Å². The van der Waals surface area contributed by atoms with E-state index in [0.717, 1.165) is 49.2 Å². The van der Waals surface area contributed by atoms with Crippen LogP contribution in [0.1, 0.15) is 75.3 Å². The van der Waals surface area contributed by atoms with Gasteiger partial charge >= 0.3 is 0 Å². The summed E-state index contributed by atoms with van der Waals surface area (Å²) in [4.78, 5) is 0. The predicted molar refractivity (Wildman–Crippen MR) is 102 cm³/mol. The Morgan fingerprint density at radius 3 is 2.54 bits per heavy atom. The molecule has 0 saturated heterocycles. The van der Waals surface area contributed by atoms with E-state index in [4.69, 9.17) is 11.6 Å². The van der Waals surface area contributed by atoms with Crippen LogP contribution in [0.25, 0.3) is 5.57 Å². The Labute approximate surface area is 150 Å². The molecule has 0 heterocycles. The van der Waals surface area contributed by atoms with Crippen LogP contribution in [-0.4, -0.2) is 0 Å². The van der Waals surface area contributed by atoms with Crippen LogP contribution in [0, 0.1) is 17.7 Å². The molecule has 24 heavy (non-hydrogen) atoms. The molecule has 0 bridgehead atoms. The molecule has 0 nitrogen and oxygen atoms in total. The van der Waals surface area contributed by atoms with Gasteiger partial charge in [0.1, 0.15) is 5.82 Å². The summed E-state index contributed by atoms with van der Waals surface area (Å²) >= 11 is 6.46. The largest absolute Gasteiger partial charge is 0.205 e. The first-order chi connectivity index (χ1) is 11.6. The van der Waals surface area contributed by atoms with Gasteiger partial charge in [-0.25, -0.2) is 4.39 Å². The topological polar surface area (TPSA) is 0 Å². The molecule has 0 radical (unpaired) electrons. The average molecular weight is 347 g/mol. The van der Waals surface area contributed by atoms with Crippen LogP contribution >= 0.6 is 11.6 Å². The number of hydrogen-bond donors (Lipinski definition) is 0. The Kier molecular flexibility index (Phi) is 5.81. The Hall–Kier alpha value is -1.08. The van der Waals surface area contributed by atoms with Crippen LogP contribution in [0.4, 0.5) is 4.39 Å². The van der Waals surface area contributed by atoms with Crippen LogP contribution in [0.5, 0.6) is 0 Å². The second-order valence-electron chi connectivity index (χ2n) is 7.46. The first-order valence-corrected chi connectivity index (χ1v) is 9.81. The van der Waals surface area contributed by atoms with Gasteiger partial charge in [-0.15, -0.1) is 6.58 Å². The zero-order valence-electron chi connectivity index (χ0n) is 14.7. The van der Waals surface area contributed by atoms with Crippen molar-refractivity contribution >= 4 is 17.2 Å². The van der Waals surface area contributed by atoms with E-state index < -0.39 is 0 Å². The van der Waals surface area contributed by atoms with Gasteiger partial charge in [0.25, 0.3) is 0 Å². The molecule has 0 N–H and O–H groups in total. The lowest BCUT2D eigenvalue weighted by molar-refractivity contribution is 0.318. The van der Waals surface area contributed by atoms with Gasteiger partial charge in [-0.05, 0) is 73.8 Å². The number of benzene rings is 1. The standard InChI is InChI=1S/C22H28ClF/c1-3-15-5-9-17(10-6-15)19-13-14-20(22(24)21(19)23)18-11-7-16(4-2)8-12-18/h4,11,13-17H,2-3,5-10,12H2,1H3. The highest BCUT2D eigenvalue weighted by Gasteiger charge is 2.25. The van der Waals surface area contributed by atoms with Crippen molar-refractivity contribution in [3.8, 4) is 0 Å². The summed E-state index contributed by atoms with van der Waals surface area (Å²) in [6, 6.07) is 4.04. The smallest absolute Gasteiger partial charge is 0.149 e. The molecule has 0 aromatic heterocycles. The highest BCUT2D eigenvalue weighted by atomic mass is 35.5. The molecular formula is C22H28ClF. The van der Waals surface area contributed by atoms with Crippen molar-refractivity contribution in [3.63, 3.8) is 0 Å². The van der Waals surface area contributed by atoms with E-state index in [1.165, 1.54) is 19.3 Å². The van der Waals surface area contributed by atoms with Crippen molar-refractivity contribution in [3.05, 3.63) is 52.8 Å². The SMILES string of the molecule is C=CC1CC=C(c2ccc(C3CCC(CC)CC3)c(Cl)c2F)CC1. The third-order valence-electron chi connectivity index (χ3n) is 6.11. The Morgan fingerprint density at radius 1 is 1.21 bits per heavy atom. The fraction of sp³-hybridized carbons (Fsp3) is 0.545. The monoisotopic (exact) mass is 346 g/mol. The molecule has 1 fully saturated rings. The fourth-order valence-corrected chi connectivity index (χ4v) is 4.64. The van der Waals surface area contributed by atoms with Crippen molar-refractivity contribution in [2.75, 3.05) is 0 Å². The summed E-state index contributed by atoms with van der Waals surface area (Å²) in [7, 11) is 0. The van der Waals surface area contributed by atoms with Crippen molar-refractivity contribution < 1.29 is 4.39 Å². The lowest BCUT2D eigenvalue weighted by Crippen LogP contribution is -2.13. The molecule has 2 aliphatic carbocycles. The zero-order chi connectivity index (χ0) is 17.1. The van der Waals surface area contributed by atoms with Gasteiger partial charge in [0.05, 0.1) is 5.02 Å². The number of rotatable bonds is 4. The number of hydrogen-bond acceptors (Lipinski definition) is 0. The molecule has 1 aromatic rings. The van der Waals surface area contributed by atoms with Gasteiger partial charge in [-0.3, -0.25) is 0 Å². The minimum absolute atomic E-state index is 0.213. The third-order valence-corrected chi connectivity index (χ3v) is 6.49. The van der Waals surface area contributed by atoms with E-state index in [-0.39, 0.29) is 5.82 Å². The second-order valence-corrected chi connectivity index (χ2v) is 7.83. The lowest BCUT2D eigenvalue weighted by atomic mass is 9.77. The molecule has 0 spiro atoms. The molecule has 3 rings (SSSR count). The third kappa shape index (κ3) is 3.61. The van der Waals surface area contributed by atoms with Crippen molar-refractivity contribution in [2.45, 2.75) is 64.2 Å². The molecule has 1 unspecified atom stereocenters. The van der Waals surface area contributed by atoms with Crippen LogP contribution in [0.2, 0.25) is 5.02 Å². The molecule has 1 saturated carbocycles. The summed E-state index contributed by atoms with van der Waals surface area (Å²) in [5, 5.41) is 0.360. The van der Waals surface area contributed by atoms with Gasteiger partial charge in [0.15, 0.2) is 0 Å². The number of allylic oxidation sites excluding steroid dienone is 3. The van der Waals surface area contributed by atoms with E-state index in [1.54, 1.807) is 0 Å². The van der Waals surface area contributed by atoms with Crippen molar-refractivity contribution in [1.29, 1.82) is 0 Å². The molecular weight excluding hydrogens is 319 g/mol. The summed E-state index contributed by atoms with van der Waals surface area (Å²) in [5.41, 5.74) is 2.83. The van der Waals surface area contributed by atoms with E-state index in [0.29, 0.717) is 22.4 Å². The number of halogens is 2. The van der Waals surface area contributed by atoms with Gasteiger partial charge in [0.2, 0.25) is 0 Å². The second kappa shape index (κ2) is 7.87. The first kappa shape index (κ1) is 17.7. The fourth-order valence-electron chi connectivity index (χ4n) is 4.32. The van der Waals surface area contributed by atoms with Crippen LogP contribution < -0.4 is 0 Å². The molecule has 1 aromatic carbocycles.